The summed E-state index contributed by atoms with van der Waals surface area (Å²) in [4.78, 5) is 12.3. The molecule has 2 N–H and O–H groups in total. The standard InChI is InChI=1S/C28H31N9/c1-4-36-14-13-24-31-26(17(2)37(24)16-36)19-7-9-20(10-8-19)27-32-28(35(3)34-27)30-23-12-11-22-21(15-29-33-22)25(23)18-5-6-18/h7-12,15,18H,4-6,13-14,16H2,1-3H3,(H,29,33)(H,30,32,34). The van der Waals surface area contributed by atoms with Gasteiger partial charge in [-0.2, -0.15) is 10.1 Å². The maximum absolute atomic E-state index is 4.99. The molecular formula is C28H31N9. The average molecular weight is 494 g/mol. The first-order valence-electron chi connectivity index (χ1n) is 13.1. The first-order chi connectivity index (χ1) is 18.1. The molecule has 1 fully saturated rings. The number of benzene rings is 2. The monoisotopic (exact) mass is 493 g/mol. The van der Waals surface area contributed by atoms with Crippen LogP contribution in [0.2, 0.25) is 0 Å². The third-order valence-electron chi connectivity index (χ3n) is 7.82. The van der Waals surface area contributed by atoms with Crippen LogP contribution in [0.5, 0.6) is 0 Å². The van der Waals surface area contributed by atoms with Gasteiger partial charge in [0.25, 0.3) is 0 Å². The van der Waals surface area contributed by atoms with Gasteiger partial charge in [-0.1, -0.05) is 31.2 Å². The molecule has 0 amide bonds. The highest BCUT2D eigenvalue weighted by Gasteiger charge is 2.29. The van der Waals surface area contributed by atoms with Gasteiger partial charge in [0.2, 0.25) is 5.95 Å². The van der Waals surface area contributed by atoms with Gasteiger partial charge in [-0.3, -0.25) is 10.00 Å². The van der Waals surface area contributed by atoms with Crippen LogP contribution in [0.25, 0.3) is 33.5 Å². The van der Waals surface area contributed by atoms with Crippen LogP contribution in [0.4, 0.5) is 11.6 Å². The molecule has 1 aliphatic heterocycles. The van der Waals surface area contributed by atoms with Gasteiger partial charge >= 0.3 is 0 Å². The summed E-state index contributed by atoms with van der Waals surface area (Å²) in [5.74, 6) is 3.18. The van der Waals surface area contributed by atoms with Crippen molar-refractivity contribution < 1.29 is 0 Å². The Labute approximate surface area is 215 Å². The van der Waals surface area contributed by atoms with Crippen LogP contribution in [0.15, 0.2) is 42.6 Å². The molecule has 0 atom stereocenters. The predicted molar refractivity (Wildman–Crippen MR) is 145 cm³/mol. The van der Waals surface area contributed by atoms with Crippen LogP contribution < -0.4 is 5.32 Å². The van der Waals surface area contributed by atoms with Gasteiger partial charge in [0.1, 0.15) is 5.82 Å². The summed E-state index contributed by atoms with van der Waals surface area (Å²) in [6.45, 7) is 7.45. The Morgan fingerprint density at radius 3 is 2.65 bits per heavy atom. The molecule has 37 heavy (non-hydrogen) atoms. The number of fused-ring (bicyclic) bond motifs is 2. The van der Waals surface area contributed by atoms with Crippen molar-refractivity contribution in [3.05, 3.63) is 59.7 Å². The number of hydrogen-bond acceptors (Lipinski definition) is 6. The Morgan fingerprint density at radius 1 is 1.05 bits per heavy atom. The molecule has 0 bridgehead atoms. The van der Waals surface area contributed by atoms with Crippen molar-refractivity contribution in [3.63, 3.8) is 0 Å². The van der Waals surface area contributed by atoms with Crippen LogP contribution in [0.1, 0.15) is 42.8 Å². The fourth-order valence-corrected chi connectivity index (χ4v) is 5.50. The maximum Gasteiger partial charge on any atom is 0.225 e. The zero-order valence-electron chi connectivity index (χ0n) is 21.5. The summed E-state index contributed by atoms with van der Waals surface area (Å²) in [6, 6.07) is 12.6. The van der Waals surface area contributed by atoms with Crippen LogP contribution in [-0.4, -0.2) is 52.5 Å². The second kappa shape index (κ2) is 8.55. The zero-order valence-corrected chi connectivity index (χ0v) is 21.5. The quantitative estimate of drug-likeness (QED) is 0.346. The molecule has 2 aliphatic rings. The fraction of sp³-hybridized carbons (Fsp3) is 0.357. The molecule has 2 aromatic carbocycles. The van der Waals surface area contributed by atoms with Crippen molar-refractivity contribution in [3.8, 4) is 22.6 Å². The number of rotatable bonds is 6. The molecule has 7 rings (SSSR count). The number of likely N-dealkylation sites (N-methyl/N-ethyl adjacent to an activating group) is 1. The van der Waals surface area contributed by atoms with Gasteiger partial charge in [-0.25, -0.2) is 9.67 Å². The third kappa shape index (κ3) is 3.81. The number of nitrogens with zero attached hydrogens (tertiary/aromatic N) is 7. The number of H-pyrrole nitrogens is 1. The van der Waals surface area contributed by atoms with Crippen LogP contribution in [-0.2, 0) is 20.1 Å². The summed E-state index contributed by atoms with van der Waals surface area (Å²) < 4.78 is 4.16. The number of imidazole rings is 1. The SMILES string of the molecule is CCN1CCc2nc(-c3ccc(-c4nc(Nc5ccc6[nH]ncc6c5C5CC5)n(C)n4)cc3)c(C)n2C1. The molecule has 0 saturated heterocycles. The minimum absolute atomic E-state index is 0.575. The molecule has 1 saturated carbocycles. The van der Waals surface area contributed by atoms with Gasteiger partial charge < -0.3 is 9.88 Å². The van der Waals surface area contributed by atoms with E-state index in [-0.39, 0.29) is 0 Å². The third-order valence-corrected chi connectivity index (χ3v) is 7.82. The second-order valence-electron chi connectivity index (χ2n) is 10.2. The Kier molecular flexibility index (Phi) is 5.14. The van der Waals surface area contributed by atoms with Crippen LogP contribution in [0, 0.1) is 6.92 Å². The fourth-order valence-electron chi connectivity index (χ4n) is 5.50. The average Bonchev–Trinajstić information content (AvgIpc) is 3.39. The minimum atomic E-state index is 0.575. The lowest BCUT2D eigenvalue weighted by Crippen LogP contribution is -2.34. The summed E-state index contributed by atoms with van der Waals surface area (Å²) >= 11 is 0. The molecule has 3 aromatic heterocycles. The Balaban J connectivity index is 1.16. The Morgan fingerprint density at radius 2 is 1.86 bits per heavy atom. The smallest absolute Gasteiger partial charge is 0.225 e. The lowest BCUT2D eigenvalue weighted by atomic mass is 10.0. The number of aromatic amines is 1. The van der Waals surface area contributed by atoms with Gasteiger partial charge in [0, 0.05) is 47.9 Å². The normalized spacial score (nSPS) is 15.9. The van der Waals surface area contributed by atoms with E-state index in [4.69, 9.17) is 15.1 Å². The molecule has 5 aromatic rings. The van der Waals surface area contributed by atoms with Crippen molar-refractivity contribution in [2.75, 3.05) is 18.4 Å². The van der Waals surface area contributed by atoms with E-state index in [2.05, 4.69) is 75.2 Å². The summed E-state index contributed by atoms with van der Waals surface area (Å²) in [6.07, 6.45) is 5.35. The van der Waals surface area contributed by atoms with E-state index in [9.17, 15) is 0 Å². The lowest BCUT2D eigenvalue weighted by molar-refractivity contribution is 0.200. The molecular weight excluding hydrogens is 462 g/mol. The molecule has 0 spiro atoms. The highest BCUT2D eigenvalue weighted by atomic mass is 15.4. The number of hydrogen-bond donors (Lipinski definition) is 2. The molecule has 9 heteroatoms. The zero-order chi connectivity index (χ0) is 25.1. The van der Waals surface area contributed by atoms with Gasteiger partial charge in [0.05, 0.1) is 24.1 Å². The van der Waals surface area contributed by atoms with Crippen molar-refractivity contribution in [2.45, 2.75) is 45.7 Å². The summed E-state index contributed by atoms with van der Waals surface area (Å²) in [7, 11) is 1.93. The van der Waals surface area contributed by atoms with Crippen molar-refractivity contribution in [2.24, 2.45) is 7.05 Å². The Hall–Kier alpha value is -3.98. The van der Waals surface area contributed by atoms with E-state index in [1.54, 1.807) is 0 Å². The van der Waals surface area contributed by atoms with Gasteiger partial charge in [-0.05, 0) is 49.9 Å². The molecule has 188 valence electrons. The molecule has 9 nitrogen and oxygen atoms in total. The Bertz CT molecular complexity index is 1600. The molecule has 0 unspecified atom stereocenters. The van der Waals surface area contributed by atoms with E-state index >= 15 is 0 Å². The summed E-state index contributed by atoms with van der Waals surface area (Å²) in [5.41, 5.74) is 7.88. The number of aromatic nitrogens is 7. The van der Waals surface area contributed by atoms with Crippen molar-refractivity contribution in [1.82, 2.24) is 39.4 Å². The topological polar surface area (TPSA) is 92.5 Å². The van der Waals surface area contributed by atoms with Crippen molar-refractivity contribution in [1.29, 1.82) is 0 Å². The maximum atomic E-state index is 4.99. The second-order valence-corrected chi connectivity index (χ2v) is 10.2. The van der Waals surface area contributed by atoms with Crippen LogP contribution >= 0.6 is 0 Å². The number of anilines is 2. The highest BCUT2D eigenvalue weighted by Crippen LogP contribution is 2.47. The van der Waals surface area contributed by atoms with E-state index in [1.807, 2.05) is 17.9 Å². The number of aryl methyl sites for hydroxylation is 1. The molecule has 0 radical (unpaired) electrons. The highest BCUT2D eigenvalue weighted by molar-refractivity contribution is 5.89. The first-order valence-corrected chi connectivity index (χ1v) is 13.1. The van der Waals surface area contributed by atoms with E-state index in [0.29, 0.717) is 11.7 Å². The minimum Gasteiger partial charge on any atom is -0.324 e. The van der Waals surface area contributed by atoms with Gasteiger partial charge in [0.15, 0.2) is 5.82 Å². The predicted octanol–water partition coefficient (Wildman–Crippen LogP) is 4.99. The lowest BCUT2D eigenvalue weighted by Gasteiger charge is -2.27. The van der Waals surface area contributed by atoms with Crippen LogP contribution in [0.3, 0.4) is 0 Å². The van der Waals surface area contributed by atoms with E-state index < -0.39 is 0 Å². The summed E-state index contributed by atoms with van der Waals surface area (Å²) in [5, 5.41) is 16.8. The van der Waals surface area contributed by atoms with Crippen molar-refractivity contribution >= 4 is 22.5 Å². The number of nitrogens with one attached hydrogen (secondary N) is 2. The first kappa shape index (κ1) is 22.2. The molecule has 1 aliphatic carbocycles. The van der Waals surface area contributed by atoms with E-state index in [1.165, 1.54) is 35.3 Å². The van der Waals surface area contributed by atoms with E-state index in [0.717, 1.165) is 60.2 Å². The molecule has 4 heterocycles. The van der Waals surface area contributed by atoms with Gasteiger partial charge in [-0.15, -0.1) is 5.10 Å². The largest absolute Gasteiger partial charge is 0.324 e.